The fraction of sp³-hybridized carbons (Fsp3) is 0.667. The molecule has 1 heterocycles. The van der Waals surface area contributed by atoms with Gasteiger partial charge >= 0.3 is 0 Å². The Kier molecular flexibility index (Phi) is 4.14. The van der Waals surface area contributed by atoms with Crippen LogP contribution < -0.4 is 11.1 Å². The van der Waals surface area contributed by atoms with Crippen molar-refractivity contribution >= 4 is 5.96 Å². The number of rotatable bonds is 5. The molecule has 3 N–H and O–H groups in total. The van der Waals surface area contributed by atoms with Crippen molar-refractivity contribution < 1.29 is 0 Å². The monoisotopic (exact) mass is 273 g/mol. The van der Waals surface area contributed by atoms with Gasteiger partial charge in [-0.3, -0.25) is 4.99 Å². The molecule has 108 valence electrons. The molecule has 0 radical (unpaired) electrons. The van der Waals surface area contributed by atoms with Crippen LogP contribution in [0.2, 0.25) is 0 Å². The van der Waals surface area contributed by atoms with Crippen molar-refractivity contribution in [1.29, 1.82) is 0 Å². The van der Waals surface area contributed by atoms with Crippen LogP contribution in [-0.4, -0.2) is 28.5 Å². The normalized spacial score (nSPS) is 20.3. The van der Waals surface area contributed by atoms with Crippen molar-refractivity contribution in [3.63, 3.8) is 0 Å². The summed E-state index contributed by atoms with van der Waals surface area (Å²) in [7, 11) is 0. The Labute approximate surface area is 120 Å². The van der Waals surface area contributed by atoms with E-state index in [1.807, 2.05) is 12.4 Å². The molecule has 2 fully saturated rings. The van der Waals surface area contributed by atoms with Gasteiger partial charge in [0.1, 0.15) is 5.82 Å². The van der Waals surface area contributed by atoms with E-state index in [9.17, 15) is 0 Å². The molecule has 0 unspecified atom stereocenters. The SMILES string of the molecule is NC(=NCCc1cnc(C2CC2)nc1)NC1CCCC1. The molecule has 20 heavy (non-hydrogen) atoms. The Hall–Kier alpha value is -1.65. The van der Waals surface area contributed by atoms with Crippen molar-refractivity contribution in [2.24, 2.45) is 10.7 Å². The molecule has 0 bridgehead atoms. The first-order chi connectivity index (χ1) is 9.81. The van der Waals surface area contributed by atoms with Crippen LogP contribution in [-0.2, 0) is 6.42 Å². The summed E-state index contributed by atoms with van der Waals surface area (Å²) in [6.07, 6.45) is 12.2. The molecule has 0 saturated heterocycles. The highest BCUT2D eigenvalue weighted by Gasteiger charge is 2.25. The molecule has 2 aliphatic rings. The van der Waals surface area contributed by atoms with Crippen molar-refractivity contribution in [2.45, 2.75) is 56.9 Å². The number of nitrogens with two attached hydrogens (primary N) is 1. The van der Waals surface area contributed by atoms with Gasteiger partial charge < -0.3 is 11.1 Å². The molecule has 0 aliphatic heterocycles. The van der Waals surface area contributed by atoms with Crippen molar-refractivity contribution in [3.05, 3.63) is 23.8 Å². The average Bonchev–Trinajstić information content (AvgIpc) is 3.18. The summed E-state index contributed by atoms with van der Waals surface area (Å²) in [6, 6.07) is 0.528. The molecule has 2 aliphatic carbocycles. The number of guanidine groups is 1. The van der Waals surface area contributed by atoms with E-state index in [4.69, 9.17) is 5.73 Å². The number of nitrogens with zero attached hydrogens (tertiary/aromatic N) is 3. The first kappa shape index (κ1) is 13.3. The molecule has 5 heteroatoms. The van der Waals surface area contributed by atoms with Crippen LogP contribution in [0.4, 0.5) is 0 Å². The lowest BCUT2D eigenvalue weighted by Gasteiger charge is -2.12. The summed E-state index contributed by atoms with van der Waals surface area (Å²) in [5.74, 6) is 2.19. The number of hydrogen-bond acceptors (Lipinski definition) is 3. The van der Waals surface area contributed by atoms with Crippen molar-refractivity contribution in [3.8, 4) is 0 Å². The van der Waals surface area contributed by atoms with E-state index in [1.165, 1.54) is 38.5 Å². The van der Waals surface area contributed by atoms with E-state index in [-0.39, 0.29) is 0 Å². The van der Waals surface area contributed by atoms with Crippen LogP contribution in [0.1, 0.15) is 55.8 Å². The van der Waals surface area contributed by atoms with Crippen LogP contribution >= 0.6 is 0 Å². The second-order valence-corrected chi connectivity index (χ2v) is 5.87. The maximum absolute atomic E-state index is 5.90. The number of nitrogens with one attached hydrogen (secondary N) is 1. The molecule has 0 amide bonds. The third kappa shape index (κ3) is 3.68. The van der Waals surface area contributed by atoms with E-state index in [0.29, 0.717) is 24.5 Å². The maximum Gasteiger partial charge on any atom is 0.188 e. The van der Waals surface area contributed by atoms with Gasteiger partial charge in [0.15, 0.2) is 5.96 Å². The zero-order valence-corrected chi connectivity index (χ0v) is 11.9. The highest BCUT2D eigenvalue weighted by molar-refractivity contribution is 5.78. The third-order valence-corrected chi connectivity index (χ3v) is 4.06. The molecule has 1 aromatic rings. The largest absolute Gasteiger partial charge is 0.370 e. The molecular weight excluding hydrogens is 250 g/mol. The van der Waals surface area contributed by atoms with E-state index >= 15 is 0 Å². The fourth-order valence-corrected chi connectivity index (χ4v) is 2.68. The quantitative estimate of drug-likeness (QED) is 0.633. The van der Waals surface area contributed by atoms with Crippen LogP contribution in [0.3, 0.4) is 0 Å². The maximum atomic E-state index is 5.90. The predicted octanol–water partition coefficient (Wildman–Crippen LogP) is 1.74. The number of aliphatic imine (C=N–C) groups is 1. The van der Waals surface area contributed by atoms with Gasteiger partial charge in [-0.05, 0) is 37.7 Å². The zero-order valence-electron chi connectivity index (χ0n) is 11.9. The van der Waals surface area contributed by atoms with E-state index in [2.05, 4.69) is 20.3 Å². The molecule has 5 nitrogen and oxygen atoms in total. The summed E-state index contributed by atoms with van der Waals surface area (Å²) in [6.45, 7) is 0.692. The minimum atomic E-state index is 0.528. The smallest absolute Gasteiger partial charge is 0.188 e. The molecule has 3 rings (SSSR count). The van der Waals surface area contributed by atoms with Crippen molar-refractivity contribution in [1.82, 2.24) is 15.3 Å². The Morgan fingerprint density at radius 2 is 1.90 bits per heavy atom. The molecule has 1 aromatic heterocycles. The lowest BCUT2D eigenvalue weighted by Crippen LogP contribution is -2.38. The first-order valence-corrected chi connectivity index (χ1v) is 7.68. The van der Waals surface area contributed by atoms with E-state index in [0.717, 1.165) is 17.8 Å². The van der Waals surface area contributed by atoms with E-state index < -0.39 is 0 Å². The molecule has 0 atom stereocenters. The highest BCUT2D eigenvalue weighted by Crippen LogP contribution is 2.37. The fourth-order valence-electron chi connectivity index (χ4n) is 2.68. The molecule has 2 saturated carbocycles. The lowest BCUT2D eigenvalue weighted by molar-refractivity contribution is 0.625. The number of aromatic nitrogens is 2. The second kappa shape index (κ2) is 6.20. The molecule has 0 aromatic carbocycles. The minimum Gasteiger partial charge on any atom is -0.370 e. The van der Waals surface area contributed by atoms with Crippen molar-refractivity contribution in [2.75, 3.05) is 6.54 Å². The van der Waals surface area contributed by atoms with E-state index in [1.54, 1.807) is 0 Å². The summed E-state index contributed by atoms with van der Waals surface area (Å²) in [5.41, 5.74) is 7.03. The predicted molar refractivity (Wildman–Crippen MR) is 79.6 cm³/mol. The van der Waals surface area contributed by atoms with Gasteiger partial charge in [0, 0.05) is 30.9 Å². The standard InChI is InChI=1S/C15H23N5/c16-15(20-13-3-1-2-4-13)17-8-7-11-9-18-14(19-10-11)12-5-6-12/h9-10,12-13H,1-8H2,(H3,16,17,20). The molecule has 0 spiro atoms. The summed E-state index contributed by atoms with van der Waals surface area (Å²) in [4.78, 5) is 13.2. The van der Waals surface area contributed by atoms with Gasteiger partial charge in [-0.1, -0.05) is 12.8 Å². The summed E-state index contributed by atoms with van der Waals surface area (Å²) < 4.78 is 0. The summed E-state index contributed by atoms with van der Waals surface area (Å²) in [5, 5.41) is 3.29. The first-order valence-electron chi connectivity index (χ1n) is 7.68. The van der Waals surface area contributed by atoms with Crippen LogP contribution in [0, 0.1) is 0 Å². The second-order valence-electron chi connectivity index (χ2n) is 5.87. The summed E-state index contributed by atoms with van der Waals surface area (Å²) >= 11 is 0. The Morgan fingerprint density at radius 3 is 2.55 bits per heavy atom. The number of hydrogen-bond donors (Lipinski definition) is 2. The minimum absolute atomic E-state index is 0.528. The average molecular weight is 273 g/mol. The Bertz CT molecular complexity index is 458. The van der Waals surface area contributed by atoms with Gasteiger partial charge in [0.2, 0.25) is 0 Å². The topological polar surface area (TPSA) is 76.2 Å². The lowest BCUT2D eigenvalue weighted by atomic mass is 10.2. The molecular formula is C15H23N5. The Balaban J connectivity index is 1.43. The van der Waals surface area contributed by atoms with Gasteiger partial charge in [0.25, 0.3) is 0 Å². The Morgan fingerprint density at radius 1 is 1.20 bits per heavy atom. The van der Waals surface area contributed by atoms with Crippen LogP contribution in [0.25, 0.3) is 0 Å². The van der Waals surface area contributed by atoms with Crippen LogP contribution in [0.5, 0.6) is 0 Å². The van der Waals surface area contributed by atoms with Gasteiger partial charge in [-0.2, -0.15) is 0 Å². The highest BCUT2D eigenvalue weighted by atomic mass is 15.1. The van der Waals surface area contributed by atoms with Gasteiger partial charge in [0.05, 0.1) is 0 Å². The zero-order chi connectivity index (χ0) is 13.8. The van der Waals surface area contributed by atoms with Crippen LogP contribution in [0.15, 0.2) is 17.4 Å². The van der Waals surface area contributed by atoms with Gasteiger partial charge in [-0.25, -0.2) is 9.97 Å². The van der Waals surface area contributed by atoms with Gasteiger partial charge in [-0.15, -0.1) is 0 Å². The third-order valence-electron chi connectivity index (χ3n) is 4.06.